The minimum Gasteiger partial charge on any atom is -0.487 e. The summed E-state index contributed by atoms with van der Waals surface area (Å²) in [4.78, 5) is 11.1. The fraction of sp³-hybridized carbons (Fsp3) is 0.650. The van der Waals surface area contributed by atoms with Crippen molar-refractivity contribution in [3.63, 3.8) is 0 Å². The van der Waals surface area contributed by atoms with Gasteiger partial charge in [0.25, 0.3) is 0 Å². The fourth-order valence-electron chi connectivity index (χ4n) is 3.60. The molecule has 0 amide bonds. The number of rotatable bonds is 7. The Morgan fingerprint density at radius 1 is 1.20 bits per heavy atom. The van der Waals surface area contributed by atoms with Crippen molar-refractivity contribution in [1.82, 2.24) is 0 Å². The van der Waals surface area contributed by atoms with Crippen LogP contribution in [0.15, 0.2) is 12.1 Å². The maximum Gasteiger partial charge on any atom is 0.303 e. The minimum absolute atomic E-state index is 0.128. The first kappa shape index (κ1) is 22.7. The molecule has 2 heterocycles. The average Bonchev–Trinajstić information content (AvgIpc) is 3.12. The second kappa shape index (κ2) is 8.66. The fourth-order valence-corrected chi connectivity index (χ4v) is 3.60. The molecular weight excluding hydrogens is 400 g/mol. The van der Waals surface area contributed by atoms with E-state index in [0.29, 0.717) is 16.9 Å². The molecule has 6 atom stereocenters. The van der Waals surface area contributed by atoms with Crippen LogP contribution in [0.25, 0.3) is 0 Å². The topological polar surface area (TPSA) is 166 Å². The Bertz CT molecular complexity index is 772. The van der Waals surface area contributed by atoms with Gasteiger partial charge < -0.3 is 44.8 Å². The Hall–Kier alpha value is -1.95. The van der Waals surface area contributed by atoms with Crippen LogP contribution in [0.5, 0.6) is 11.5 Å². The summed E-state index contributed by atoms with van der Waals surface area (Å²) in [5.74, 6) is -0.328. The quantitative estimate of drug-likeness (QED) is 0.316. The van der Waals surface area contributed by atoms with Crippen molar-refractivity contribution in [1.29, 1.82) is 0 Å². The number of hydrogen-bond donors (Lipinski definition) is 6. The van der Waals surface area contributed by atoms with Crippen LogP contribution < -0.4 is 9.47 Å². The van der Waals surface area contributed by atoms with E-state index >= 15 is 0 Å². The molecular formula is C20H28O10. The number of aryl methyl sites for hydroxylation is 1. The van der Waals surface area contributed by atoms with Gasteiger partial charge in [-0.2, -0.15) is 0 Å². The summed E-state index contributed by atoms with van der Waals surface area (Å²) < 4.78 is 17.1. The molecule has 3 rings (SSSR count). The normalized spacial score (nSPS) is 31.2. The highest BCUT2D eigenvalue weighted by Crippen LogP contribution is 2.42. The molecule has 168 valence electrons. The van der Waals surface area contributed by atoms with Crippen molar-refractivity contribution in [3.8, 4) is 11.5 Å². The third kappa shape index (κ3) is 4.53. The molecule has 0 saturated carbocycles. The molecule has 0 aromatic heterocycles. The second-order valence-corrected chi connectivity index (χ2v) is 8.20. The van der Waals surface area contributed by atoms with E-state index in [4.69, 9.17) is 19.3 Å². The van der Waals surface area contributed by atoms with Crippen LogP contribution in [0.4, 0.5) is 0 Å². The smallest absolute Gasteiger partial charge is 0.303 e. The zero-order valence-electron chi connectivity index (χ0n) is 16.8. The second-order valence-electron chi connectivity index (χ2n) is 8.20. The lowest BCUT2D eigenvalue weighted by atomic mass is 9.95. The van der Waals surface area contributed by atoms with Crippen molar-refractivity contribution in [2.75, 3.05) is 6.61 Å². The van der Waals surface area contributed by atoms with Crippen LogP contribution in [0.3, 0.4) is 0 Å². The van der Waals surface area contributed by atoms with Crippen LogP contribution in [0, 0.1) is 0 Å². The van der Waals surface area contributed by atoms with Gasteiger partial charge in [-0.05, 0) is 31.9 Å². The van der Waals surface area contributed by atoms with Gasteiger partial charge in [-0.15, -0.1) is 0 Å². The first-order valence-electron chi connectivity index (χ1n) is 9.75. The number of carboxylic acid groups (broad SMARTS) is 1. The molecule has 0 bridgehead atoms. The van der Waals surface area contributed by atoms with Crippen LogP contribution in [-0.4, -0.2) is 85.6 Å². The molecule has 30 heavy (non-hydrogen) atoms. The highest BCUT2D eigenvalue weighted by Gasteiger charge is 2.46. The van der Waals surface area contributed by atoms with Gasteiger partial charge in [0.2, 0.25) is 6.29 Å². The Balaban J connectivity index is 1.94. The molecule has 6 N–H and O–H groups in total. The number of aliphatic carboxylic acids is 1. The van der Waals surface area contributed by atoms with Crippen molar-refractivity contribution < 1.29 is 49.6 Å². The molecule has 1 aromatic rings. The molecule has 0 radical (unpaired) electrons. The van der Waals surface area contributed by atoms with Gasteiger partial charge in [-0.3, -0.25) is 4.79 Å². The Kier molecular flexibility index (Phi) is 6.56. The van der Waals surface area contributed by atoms with E-state index in [-0.39, 0.29) is 25.0 Å². The molecule has 0 spiro atoms. The predicted molar refractivity (Wildman–Crippen MR) is 101 cm³/mol. The van der Waals surface area contributed by atoms with Crippen LogP contribution in [0.1, 0.15) is 31.4 Å². The minimum atomic E-state index is -1.61. The Morgan fingerprint density at radius 2 is 1.90 bits per heavy atom. The van der Waals surface area contributed by atoms with Crippen molar-refractivity contribution in [2.24, 2.45) is 0 Å². The lowest BCUT2D eigenvalue weighted by Crippen LogP contribution is -2.60. The Labute approximate surface area is 173 Å². The monoisotopic (exact) mass is 428 g/mol. The summed E-state index contributed by atoms with van der Waals surface area (Å²) in [6, 6.07) is 3.30. The molecule has 10 nitrogen and oxygen atoms in total. The molecule has 0 unspecified atom stereocenters. The van der Waals surface area contributed by atoms with E-state index in [2.05, 4.69) is 0 Å². The first-order valence-corrected chi connectivity index (χ1v) is 9.75. The summed E-state index contributed by atoms with van der Waals surface area (Å²) in [6.45, 7) is 2.60. The molecule has 2 aliphatic rings. The van der Waals surface area contributed by atoms with Crippen LogP contribution >= 0.6 is 0 Å². The SMILES string of the molecule is CC(C)(O)[C@H]1Cc2c(ccc(CCC(=O)O)c2O[C@@H]2O[C@H](CO)[C@H](O)[C@H](O)[C@H]2O)O1. The number of hydrogen-bond acceptors (Lipinski definition) is 9. The molecule has 1 fully saturated rings. The maximum atomic E-state index is 11.1. The summed E-state index contributed by atoms with van der Waals surface area (Å²) in [5.41, 5.74) is -0.0595. The van der Waals surface area contributed by atoms with Gasteiger partial charge >= 0.3 is 5.97 Å². The summed E-state index contributed by atoms with van der Waals surface area (Å²) in [6.07, 6.45) is -7.65. The highest BCUT2D eigenvalue weighted by atomic mass is 16.7. The average molecular weight is 428 g/mol. The molecule has 1 aromatic carbocycles. The third-order valence-electron chi connectivity index (χ3n) is 5.44. The maximum absolute atomic E-state index is 11.1. The number of carboxylic acids is 1. The van der Waals surface area contributed by atoms with Crippen molar-refractivity contribution in [2.45, 2.75) is 75.5 Å². The van der Waals surface area contributed by atoms with Crippen molar-refractivity contribution in [3.05, 3.63) is 23.3 Å². The molecule has 1 saturated heterocycles. The largest absolute Gasteiger partial charge is 0.487 e. The van der Waals surface area contributed by atoms with E-state index < -0.39 is 55.0 Å². The molecule has 10 heteroatoms. The summed E-state index contributed by atoms with van der Waals surface area (Å²) in [7, 11) is 0. The highest BCUT2D eigenvalue weighted by molar-refractivity contribution is 5.67. The number of carbonyl (C=O) groups is 1. The molecule has 2 aliphatic heterocycles. The third-order valence-corrected chi connectivity index (χ3v) is 5.44. The number of aliphatic hydroxyl groups excluding tert-OH is 4. The van der Waals surface area contributed by atoms with Crippen LogP contribution in [-0.2, 0) is 22.4 Å². The van der Waals surface area contributed by atoms with Crippen LogP contribution in [0.2, 0.25) is 0 Å². The lowest BCUT2D eigenvalue weighted by molar-refractivity contribution is -0.277. The predicted octanol–water partition coefficient (Wildman–Crippen LogP) is -1.04. The Morgan fingerprint density at radius 3 is 2.50 bits per heavy atom. The van der Waals surface area contributed by atoms with Gasteiger partial charge in [-0.25, -0.2) is 0 Å². The van der Waals surface area contributed by atoms with E-state index in [9.17, 15) is 30.3 Å². The molecule has 0 aliphatic carbocycles. The number of fused-ring (bicyclic) bond motifs is 1. The van der Waals surface area contributed by atoms with E-state index in [1.165, 1.54) is 0 Å². The van der Waals surface area contributed by atoms with Gasteiger partial charge in [-0.1, -0.05) is 6.07 Å². The lowest BCUT2D eigenvalue weighted by Gasteiger charge is -2.40. The van der Waals surface area contributed by atoms with E-state index in [1.807, 2.05) is 0 Å². The number of ether oxygens (including phenoxy) is 3. The van der Waals surface area contributed by atoms with Gasteiger partial charge in [0.1, 0.15) is 42.0 Å². The zero-order valence-corrected chi connectivity index (χ0v) is 16.8. The summed E-state index contributed by atoms with van der Waals surface area (Å²) in [5, 5.41) is 59.1. The number of aliphatic hydroxyl groups is 5. The van der Waals surface area contributed by atoms with Crippen molar-refractivity contribution >= 4 is 5.97 Å². The van der Waals surface area contributed by atoms with Gasteiger partial charge in [0.05, 0.1) is 12.2 Å². The first-order chi connectivity index (χ1) is 14.0. The van der Waals surface area contributed by atoms with Gasteiger partial charge in [0, 0.05) is 18.4 Å². The number of benzene rings is 1. The van der Waals surface area contributed by atoms with Gasteiger partial charge in [0.15, 0.2) is 0 Å². The standard InChI is InChI=1S/C20H28O10/c1-20(2,27)13-7-10-11(28-13)5-3-9(4-6-14(22)23)18(10)30-19-17(26)16(25)15(24)12(8-21)29-19/h3,5,12-13,15-17,19,21,24-27H,4,6-8H2,1-2H3,(H,22,23)/t12-,13-,15+,16+,17-,19+/m1/s1. The zero-order chi connectivity index (χ0) is 22.2. The van der Waals surface area contributed by atoms with E-state index in [0.717, 1.165) is 0 Å². The van der Waals surface area contributed by atoms with E-state index in [1.54, 1.807) is 26.0 Å². The summed E-state index contributed by atoms with van der Waals surface area (Å²) >= 11 is 0.